The molecule has 3 heteroatoms. The predicted molar refractivity (Wildman–Crippen MR) is 73.7 cm³/mol. The molecule has 0 aliphatic rings. The van der Waals surface area contributed by atoms with E-state index in [1.807, 2.05) is 24.3 Å². The number of rotatable bonds is 3. The van der Waals surface area contributed by atoms with Gasteiger partial charge in [-0.15, -0.1) is 0 Å². The van der Waals surface area contributed by atoms with Gasteiger partial charge in [-0.1, -0.05) is 59.3 Å². The molecule has 0 aliphatic heterocycles. The minimum Gasteiger partial charge on any atom is -0.409 e. The number of aryl methyl sites for hydroxylation is 1. The molecule has 3 nitrogen and oxygen atoms in total. The third-order valence-electron chi connectivity index (χ3n) is 2.88. The van der Waals surface area contributed by atoms with Crippen molar-refractivity contribution in [2.45, 2.75) is 13.3 Å². The molecule has 0 unspecified atom stereocenters. The number of amidine groups is 1. The number of hydrogen-bond donors (Lipinski definition) is 2. The molecular formula is C15H16N2O. The Kier molecular flexibility index (Phi) is 3.63. The Morgan fingerprint density at radius 1 is 1.11 bits per heavy atom. The van der Waals surface area contributed by atoms with Crippen LogP contribution in [-0.4, -0.2) is 11.0 Å². The summed E-state index contributed by atoms with van der Waals surface area (Å²) in [6, 6.07) is 16.3. The Hall–Kier alpha value is -2.29. The molecule has 0 saturated heterocycles. The molecule has 0 spiro atoms. The van der Waals surface area contributed by atoms with E-state index >= 15 is 0 Å². The fourth-order valence-electron chi connectivity index (χ4n) is 1.92. The van der Waals surface area contributed by atoms with Crippen LogP contribution in [0.15, 0.2) is 53.7 Å². The van der Waals surface area contributed by atoms with Gasteiger partial charge in [0.1, 0.15) is 5.84 Å². The minimum absolute atomic E-state index is 0.217. The fourth-order valence-corrected chi connectivity index (χ4v) is 1.92. The number of hydrogen-bond acceptors (Lipinski definition) is 2. The average Bonchev–Trinajstić information content (AvgIpc) is 2.40. The second-order valence-electron chi connectivity index (χ2n) is 4.29. The lowest BCUT2D eigenvalue weighted by molar-refractivity contribution is 0.317. The van der Waals surface area contributed by atoms with Crippen molar-refractivity contribution in [3.05, 3.63) is 59.7 Å². The number of nitrogens with two attached hydrogens (primary N) is 1. The lowest BCUT2D eigenvalue weighted by atomic mass is 9.97. The van der Waals surface area contributed by atoms with Crippen molar-refractivity contribution in [2.24, 2.45) is 10.9 Å². The highest BCUT2D eigenvalue weighted by molar-refractivity contribution is 5.84. The quantitative estimate of drug-likeness (QED) is 0.375. The summed E-state index contributed by atoms with van der Waals surface area (Å²) < 4.78 is 0. The summed E-state index contributed by atoms with van der Waals surface area (Å²) in [5.74, 6) is 0.217. The van der Waals surface area contributed by atoms with E-state index in [2.05, 4.69) is 36.3 Å². The molecule has 0 aliphatic carbocycles. The van der Waals surface area contributed by atoms with Crippen LogP contribution >= 0.6 is 0 Å². The van der Waals surface area contributed by atoms with E-state index < -0.39 is 0 Å². The van der Waals surface area contributed by atoms with Crippen LogP contribution in [0.4, 0.5) is 0 Å². The summed E-state index contributed by atoms with van der Waals surface area (Å²) in [6.07, 6.45) is 0.445. The molecule has 3 N–H and O–H groups in total. The largest absolute Gasteiger partial charge is 0.409 e. The number of nitrogens with zero attached hydrogens (tertiary/aromatic N) is 1. The number of benzene rings is 2. The van der Waals surface area contributed by atoms with Crippen molar-refractivity contribution >= 4 is 5.84 Å². The highest BCUT2D eigenvalue weighted by atomic mass is 16.4. The number of oxime groups is 1. The van der Waals surface area contributed by atoms with Crippen LogP contribution in [0.3, 0.4) is 0 Å². The second-order valence-corrected chi connectivity index (χ2v) is 4.29. The van der Waals surface area contributed by atoms with E-state index in [0.29, 0.717) is 6.42 Å². The Balaban J connectivity index is 2.41. The monoisotopic (exact) mass is 240 g/mol. The third kappa shape index (κ3) is 2.69. The molecular weight excluding hydrogens is 224 g/mol. The maximum Gasteiger partial charge on any atom is 0.143 e. The summed E-state index contributed by atoms with van der Waals surface area (Å²) in [6.45, 7) is 2.06. The molecule has 0 amide bonds. The van der Waals surface area contributed by atoms with Gasteiger partial charge in [-0.25, -0.2) is 0 Å². The molecule has 18 heavy (non-hydrogen) atoms. The second kappa shape index (κ2) is 5.36. The van der Waals surface area contributed by atoms with E-state index in [0.717, 1.165) is 16.7 Å². The van der Waals surface area contributed by atoms with Gasteiger partial charge in [0.2, 0.25) is 0 Å². The predicted octanol–water partition coefficient (Wildman–Crippen LogP) is 2.95. The van der Waals surface area contributed by atoms with Gasteiger partial charge < -0.3 is 10.9 Å². The standard InChI is InChI=1S/C15H16N2O/c1-11-6-8-12(9-7-11)14-5-3-2-4-13(14)10-15(16)17-18/h2-9,18H,10H2,1H3,(H2,16,17). The lowest BCUT2D eigenvalue weighted by Gasteiger charge is -2.09. The van der Waals surface area contributed by atoms with Crippen molar-refractivity contribution < 1.29 is 5.21 Å². The SMILES string of the molecule is Cc1ccc(-c2ccccc2C/C(N)=N\O)cc1. The first kappa shape index (κ1) is 12.2. The average molecular weight is 240 g/mol. The first-order valence-corrected chi connectivity index (χ1v) is 5.82. The lowest BCUT2D eigenvalue weighted by Crippen LogP contribution is -2.15. The fraction of sp³-hybridized carbons (Fsp3) is 0.133. The van der Waals surface area contributed by atoms with Crippen molar-refractivity contribution in [3.63, 3.8) is 0 Å². The van der Waals surface area contributed by atoms with Gasteiger partial charge >= 0.3 is 0 Å². The third-order valence-corrected chi connectivity index (χ3v) is 2.88. The van der Waals surface area contributed by atoms with Crippen LogP contribution in [0.5, 0.6) is 0 Å². The molecule has 0 fully saturated rings. The van der Waals surface area contributed by atoms with Crippen LogP contribution in [0.1, 0.15) is 11.1 Å². The van der Waals surface area contributed by atoms with Crippen LogP contribution in [0, 0.1) is 6.92 Å². The van der Waals surface area contributed by atoms with Crippen molar-refractivity contribution in [1.82, 2.24) is 0 Å². The zero-order chi connectivity index (χ0) is 13.0. The Morgan fingerprint density at radius 3 is 2.44 bits per heavy atom. The Morgan fingerprint density at radius 2 is 1.78 bits per heavy atom. The first-order valence-electron chi connectivity index (χ1n) is 5.82. The molecule has 0 saturated carbocycles. The molecule has 2 aromatic rings. The van der Waals surface area contributed by atoms with Gasteiger partial charge in [0.25, 0.3) is 0 Å². The molecule has 0 heterocycles. The van der Waals surface area contributed by atoms with Crippen LogP contribution in [-0.2, 0) is 6.42 Å². The van der Waals surface area contributed by atoms with Crippen LogP contribution < -0.4 is 5.73 Å². The van der Waals surface area contributed by atoms with Gasteiger partial charge in [-0.05, 0) is 23.6 Å². The molecule has 0 aromatic heterocycles. The topological polar surface area (TPSA) is 58.6 Å². The van der Waals surface area contributed by atoms with Crippen molar-refractivity contribution in [3.8, 4) is 11.1 Å². The zero-order valence-electron chi connectivity index (χ0n) is 10.3. The van der Waals surface area contributed by atoms with Crippen molar-refractivity contribution in [1.29, 1.82) is 0 Å². The van der Waals surface area contributed by atoms with E-state index in [1.165, 1.54) is 5.56 Å². The van der Waals surface area contributed by atoms with E-state index in [4.69, 9.17) is 10.9 Å². The Bertz CT molecular complexity index is 559. The maximum atomic E-state index is 8.66. The highest BCUT2D eigenvalue weighted by Gasteiger charge is 2.06. The van der Waals surface area contributed by atoms with Crippen LogP contribution in [0.25, 0.3) is 11.1 Å². The first-order chi connectivity index (χ1) is 8.70. The summed E-state index contributed by atoms with van der Waals surface area (Å²) in [7, 11) is 0. The van der Waals surface area contributed by atoms with Gasteiger partial charge in [0, 0.05) is 6.42 Å². The smallest absolute Gasteiger partial charge is 0.143 e. The van der Waals surface area contributed by atoms with E-state index in [-0.39, 0.29) is 5.84 Å². The van der Waals surface area contributed by atoms with Gasteiger partial charge in [0.05, 0.1) is 0 Å². The molecule has 0 radical (unpaired) electrons. The minimum atomic E-state index is 0.217. The molecule has 92 valence electrons. The molecule has 0 bridgehead atoms. The zero-order valence-corrected chi connectivity index (χ0v) is 10.3. The normalized spacial score (nSPS) is 11.5. The summed E-state index contributed by atoms with van der Waals surface area (Å²) >= 11 is 0. The maximum absolute atomic E-state index is 8.66. The van der Waals surface area contributed by atoms with Crippen LogP contribution in [0.2, 0.25) is 0 Å². The van der Waals surface area contributed by atoms with Gasteiger partial charge in [0.15, 0.2) is 0 Å². The van der Waals surface area contributed by atoms with E-state index in [1.54, 1.807) is 0 Å². The summed E-state index contributed by atoms with van der Waals surface area (Å²) in [4.78, 5) is 0. The molecule has 0 atom stereocenters. The Labute approximate surface area is 107 Å². The summed E-state index contributed by atoms with van der Waals surface area (Å²) in [5, 5.41) is 11.7. The highest BCUT2D eigenvalue weighted by Crippen LogP contribution is 2.24. The van der Waals surface area contributed by atoms with Gasteiger partial charge in [-0.2, -0.15) is 0 Å². The van der Waals surface area contributed by atoms with Gasteiger partial charge in [-0.3, -0.25) is 0 Å². The van der Waals surface area contributed by atoms with E-state index in [9.17, 15) is 0 Å². The molecule has 2 rings (SSSR count). The molecule has 2 aromatic carbocycles. The van der Waals surface area contributed by atoms with Crippen molar-refractivity contribution in [2.75, 3.05) is 0 Å². The summed E-state index contributed by atoms with van der Waals surface area (Å²) in [5.41, 5.74) is 10.1.